The predicted molar refractivity (Wildman–Crippen MR) is 67.4 cm³/mol. The lowest BCUT2D eigenvalue weighted by Gasteiger charge is -2.30. The molecule has 2 saturated heterocycles. The lowest BCUT2D eigenvalue weighted by molar-refractivity contribution is -0.0388. The minimum absolute atomic E-state index is 0. The third kappa shape index (κ3) is 5.36. The fourth-order valence-corrected chi connectivity index (χ4v) is 2.14. The zero-order chi connectivity index (χ0) is 8.93. The lowest BCUT2D eigenvalue weighted by Crippen LogP contribution is -2.38. The maximum Gasteiger partial charge on any atom is 0.0603 e. The van der Waals surface area contributed by atoms with E-state index in [4.69, 9.17) is 4.74 Å². The highest BCUT2D eigenvalue weighted by Crippen LogP contribution is 2.15. The van der Waals surface area contributed by atoms with Crippen LogP contribution in [0.4, 0.5) is 0 Å². The zero-order valence-corrected chi connectivity index (χ0v) is 10.7. The van der Waals surface area contributed by atoms with E-state index < -0.39 is 0 Å². The van der Waals surface area contributed by atoms with Gasteiger partial charge in [0, 0.05) is 0 Å². The Morgan fingerprint density at radius 2 is 1.00 bits per heavy atom. The second-order valence-corrected chi connectivity index (χ2v) is 4.03. The molecule has 0 aromatic heterocycles. The van der Waals surface area contributed by atoms with Gasteiger partial charge in [-0.15, -0.1) is 24.8 Å². The average Bonchev–Trinajstić information content (AvgIpc) is 2.21. The van der Waals surface area contributed by atoms with Crippen molar-refractivity contribution in [3.05, 3.63) is 0 Å². The van der Waals surface area contributed by atoms with Crippen molar-refractivity contribution in [2.24, 2.45) is 0 Å². The van der Waals surface area contributed by atoms with Crippen LogP contribution in [0.1, 0.15) is 25.7 Å². The Balaban J connectivity index is 0.000000980. The number of ether oxygens (including phenoxy) is 1. The maximum absolute atomic E-state index is 6.05. The van der Waals surface area contributed by atoms with Gasteiger partial charge in [0.15, 0.2) is 0 Å². The van der Waals surface area contributed by atoms with Gasteiger partial charge >= 0.3 is 0 Å². The summed E-state index contributed by atoms with van der Waals surface area (Å²) >= 11 is 0. The summed E-state index contributed by atoms with van der Waals surface area (Å²) in [6.45, 7) is 4.54. The van der Waals surface area contributed by atoms with Crippen molar-refractivity contribution in [1.82, 2.24) is 10.6 Å². The summed E-state index contributed by atoms with van der Waals surface area (Å²) in [6, 6.07) is 0. The molecule has 3 nitrogen and oxygen atoms in total. The molecule has 0 bridgehead atoms. The van der Waals surface area contributed by atoms with E-state index in [1.165, 1.54) is 25.7 Å². The molecule has 0 radical (unpaired) electrons. The minimum Gasteiger partial charge on any atom is -0.375 e. The summed E-state index contributed by atoms with van der Waals surface area (Å²) < 4.78 is 6.05. The SMILES string of the molecule is C1CC(OC2CCNCC2)CCN1.Cl.Cl. The highest BCUT2D eigenvalue weighted by molar-refractivity contribution is 5.85. The molecule has 0 saturated carbocycles. The molecule has 0 aliphatic carbocycles. The molecule has 0 spiro atoms. The van der Waals surface area contributed by atoms with E-state index in [1.807, 2.05) is 0 Å². The van der Waals surface area contributed by atoms with Crippen LogP contribution >= 0.6 is 24.8 Å². The van der Waals surface area contributed by atoms with Gasteiger partial charge in [-0.2, -0.15) is 0 Å². The maximum atomic E-state index is 6.05. The third-order valence-electron chi connectivity index (χ3n) is 2.96. The van der Waals surface area contributed by atoms with Gasteiger partial charge in [0.05, 0.1) is 12.2 Å². The molecule has 5 heteroatoms. The first-order valence-corrected chi connectivity index (χ1v) is 5.52. The van der Waals surface area contributed by atoms with Crippen LogP contribution in [0, 0.1) is 0 Å². The summed E-state index contributed by atoms with van der Waals surface area (Å²) in [5, 5.41) is 6.72. The molecule has 2 rings (SSSR count). The number of rotatable bonds is 2. The van der Waals surface area contributed by atoms with Crippen LogP contribution in [0.25, 0.3) is 0 Å². The normalized spacial score (nSPS) is 24.0. The molecular formula is C10H22Cl2N2O. The van der Waals surface area contributed by atoms with Gasteiger partial charge in [0.1, 0.15) is 0 Å². The molecule has 2 N–H and O–H groups in total. The van der Waals surface area contributed by atoms with Crippen molar-refractivity contribution in [1.29, 1.82) is 0 Å². The van der Waals surface area contributed by atoms with Crippen LogP contribution < -0.4 is 10.6 Å². The Morgan fingerprint density at radius 1 is 0.667 bits per heavy atom. The quantitative estimate of drug-likeness (QED) is 0.783. The standard InChI is InChI=1S/C10H20N2O.2ClH/c1-5-11-6-2-9(1)13-10-3-7-12-8-4-10;;/h9-12H,1-8H2;2*1H. The highest BCUT2D eigenvalue weighted by Gasteiger charge is 2.20. The largest absolute Gasteiger partial charge is 0.375 e. The first-order chi connectivity index (χ1) is 6.45. The van der Waals surface area contributed by atoms with Crippen LogP contribution in [0.2, 0.25) is 0 Å². The van der Waals surface area contributed by atoms with Gasteiger partial charge in [-0.25, -0.2) is 0 Å². The summed E-state index contributed by atoms with van der Waals surface area (Å²) in [7, 11) is 0. The Morgan fingerprint density at radius 3 is 1.33 bits per heavy atom. The van der Waals surface area contributed by atoms with Crippen molar-refractivity contribution in [2.45, 2.75) is 37.9 Å². The number of piperidine rings is 2. The smallest absolute Gasteiger partial charge is 0.0603 e. The molecule has 2 aliphatic heterocycles. The van der Waals surface area contributed by atoms with Crippen molar-refractivity contribution in [3.63, 3.8) is 0 Å². The summed E-state index contributed by atoms with van der Waals surface area (Å²) in [5.41, 5.74) is 0. The number of hydrogen-bond donors (Lipinski definition) is 2. The fourth-order valence-electron chi connectivity index (χ4n) is 2.14. The molecule has 15 heavy (non-hydrogen) atoms. The van der Waals surface area contributed by atoms with Gasteiger partial charge < -0.3 is 15.4 Å². The van der Waals surface area contributed by atoms with E-state index in [9.17, 15) is 0 Å². The van der Waals surface area contributed by atoms with Gasteiger partial charge in [-0.3, -0.25) is 0 Å². The van der Waals surface area contributed by atoms with E-state index in [1.54, 1.807) is 0 Å². The number of halogens is 2. The van der Waals surface area contributed by atoms with Crippen LogP contribution in [0.15, 0.2) is 0 Å². The molecule has 2 aliphatic rings. The highest BCUT2D eigenvalue weighted by atomic mass is 35.5. The molecule has 0 amide bonds. The number of hydrogen-bond acceptors (Lipinski definition) is 3. The van der Waals surface area contributed by atoms with E-state index in [0.29, 0.717) is 12.2 Å². The van der Waals surface area contributed by atoms with E-state index >= 15 is 0 Å². The van der Waals surface area contributed by atoms with Crippen molar-refractivity contribution < 1.29 is 4.74 Å². The van der Waals surface area contributed by atoms with Crippen LogP contribution in [0.5, 0.6) is 0 Å². The average molecular weight is 257 g/mol. The van der Waals surface area contributed by atoms with Crippen LogP contribution in [0.3, 0.4) is 0 Å². The minimum atomic E-state index is 0. The Labute approximate surface area is 105 Å². The molecule has 2 fully saturated rings. The van der Waals surface area contributed by atoms with Gasteiger partial charge in [-0.1, -0.05) is 0 Å². The van der Waals surface area contributed by atoms with E-state index in [2.05, 4.69) is 10.6 Å². The summed E-state index contributed by atoms with van der Waals surface area (Å²) in [4.78, 5) is 0. The summed E-state index contributed by atoms with van der Waals surface area (Å²) in [6.07, 6.45) is 5.86. The monoisotopic (exact) mass is 256 g/mol. The second kappa shape index (κ2) is 8.59. The molecule has 0 aromatic carbocycles. The van der Waals surface area contributed by atoms with Gasteiger partial charge in [-0.05, 0) is 51.9 Å². The van der Waals surface area contributed by atoms with Gasteiger partial charge in [0.25, 0.3) is 0 Å². The predicted octanol–water partition coefficient (Wildman–Crippen LogP) is 1.35. The second-order valence-electron chi connectivity index (χ2n) is 4.03. The van der Waals surface area contributed by atoms with Crippen molar-refractivity contribution >= 4 is 24.8 Å². The topological polar surface area (TPSA) is 33.3 Å². The molecular weight excluding hydrogens is 235 g/mol. The molecule has 92 valence electrons. The fraction of sp³-hybridized carbons (Fsp3) is 1.00. The molecule has 0 unspecified atom stereocenters. The van der Waals surface area contributed by atoms with Crippen LogP contribution in [-0.2, 0) is 4.74 Å². The first-order valence-electron chi connectivity index (χ1n) is 5.52. The zero-order valence-electron chi connectivity index (χ0n) is 9.04. The molecule has 0 aromatic rings. The van der Waals surface area contributed by atoms with E-state index in [0.717, 1.165) is 26.2 Å². The van der Waals surface area contributed by atoms with Crippen molar-refractivity contribution in [2.75, 3.05) is 26.2 Å². The Hall–Kier alpha value is 0.460. The Bertz CT molecular complexity index is 132. The van der Waals surface area contributed by atoms with Gasteiger partial charge in [0.2, 0.25) is 0 Å². The lowest BCUT2D eigenvalue weighted by atomic mass is 10.1. The summed E-state index contributed by atoms with van der Waals surface area (Å²) in [5.74, 6) is 0. The third-order valence-corrected chi connectivity index (χ3v) is 2.96. The molecule has 0 atom stereocenters. The first kappa shape index (κ1) is 15.5. The Kier molecular flexibility index (Phi) is 8.86. The number of nitrogens with one attached hydrogen (secondary N) is 2. The van der Waals surface area contributed by atoms with Crippen LogP contribution in [-0.4, -0.2) is 38.4 Å². The molecule has 2 heterocycles. The van der Waals surface area contributed by atoms with Crippen molar-refractivity contribution in [3.8, 4) is 0 Å². The van der Waals surface area contributed by atoms with E-state index in [-0.39, 0.29) is 24.8 Å².